The van der Waals surface area contributed by atoms with Gasteiger partial charge in [0.05, 0.1) is 6.04 Å². The molecule has 0 saturated carbocycles. The summed E-state index contributed by atoms with van der Waals surface area (Å²) in [6.45, 7) is 2.44. The van der Waals surface area contributed by atoms with Gasteiger partial charge in [0.25, 0.3) is 0 Å². The van der Waals surface area contributed by atoms with Gasteiger partial charge in [0.1, 0.15) is 0 Å². The fraction of sp³-hybridized carbons (Fsp3) is 0.444. The molecular weight excluding hydrogens is 280 g/mol. The Morgan fingerprint density at radius 2 is 2.14 bits per heavy atom. The normalized spacial score (nSPS) is 31.7. The van der Waals surface area contributed by atoms with Gasteiger partial charge < -0.3 is 4.98 Å². The molecule has 0 unspecified atom stereocenters. The van der Waals surface area contributed by atoms with Gasteiger partial charge in [0, 0.05) is 34.7 Å². The maximum Gasteiger partial charge on any atom is 0.0536 e. The molecule has 2 nitrogen and oxygen atoms in total. The molecular formula is C18H19ClN2. The van der Waals surface area contributed by atoms with Gasteiger partial charge in [-0.05, 0) is 42.7 Å². The Morgan fingerprint density at radius 3 is 3.10 bits per heavy atom. The fourth-order valence-corrected chi connectivity index (χ4v) is 5.09. The summed E-state index contributed by atoms with van der Waals surface area (Å²) < 4.78 is 0. The van der Waals surface area contributed by atoms with Crippen LogP contribution in [-0.4, -0.2) is 23.0 Å². The lowest BCUT2D eigenvalue weighted by Gasteiger charge is -2.33. The first-order valence-corrected chi connectivity index (χ1v) is 8.37. The predicted molar refractivity (Wildman–Crippen MR) is 86.5 cm³/mol. The first kappa shape index (κ1) is 12.3. The lowest BCUT2D eigenvalue weighted by atomic mass is 9.79. The van der Waals surface area contributed by atoms with Crippen molar-refractivity contribution in [1.29, 1.82) is 0 Å². The van der Waals surface area contributed by atoms with Crippen LogP contribution in [0.4, 0.5) is 0 Å². The molecule has 0 radical (unpaired) electrons. The number of benzene rings is 1. The van der Waals surface area contributed by atoms with E-state index >= 15 is 0 Å². The van der Waals surface area contributed by atoms with Gasteiger partial charge in [-0.25, -0.2) is 0 Å². The van der Waals surface area contributed by atoms with Crippen molar-refractivity contribution in [1.82, 2.24) is 9.88 Å². The Bertz CT molecular complexity index is 745. The number of H-pyrrole nitrogens is 1. The number of allylic oxidation sites excluding steroid dienone is 2. The quantitative estimate of drug-likeness (QED) is 0.771. The fourth-order valence-electron chi connectivity index (χ4n) is 4.82. The van der Waals surface area contributed by atoms with Crippen LogP contribution in [0.15, 0.2) is 35.4 Å². The van der Waals surface area contributed by atoms with E-state index in [4.69, 9.17) is 11.6 Å². The van der Waals surface area contributed by atoms with Crippen molar-refractivity contribution in [2.24, 2.45) is 11.8 Å². The van der Waals surface area contributed by atoms with E-state index in [9.17, 15) is 0 Å². The van der Waals surface area contributed by atoms with Gasteiger partial charge in [-0.2, -0.15) is 0 Å². The zero-order valence-corrected chi connectivity index (χ0v) is 12.7. The van der Waals surface area contributed by atoms with Gasteiger partial charge in [0.2, 0.25) is 0 Å². The van der Waals surface area contributed by atoms with Gasteiger partial charge >= 0.3 is 0 Å². The van der Waals surface area contributed by atoms with Crippen molar-refractivity contribution in [2.45, 2.75) is 25.3 Å². The van der Waals surface area contributed by atoms with E-state index in [0.717, 1.165) is 23.8 Å². The standard InChI is InChI=1S/C18H19ClN2/c19-12-6-5-11-10-21-8-7-14-13-3-1-2-4-16(13)20-17(14)18(21)15(11)9-12/h1-4,6,11,15,18,20H,5,7-10H2/t11-,15-,18-/m1/s1. The number of hydrogen-bond donors (Lipinski definition) is 1. The van der Waals surface area contributed by atoms with Crippen LogP contribution < -0.4 is 0 Å². The summed E-state index contributed by atoms with van der Waals surface area (Å²) >= 11 is 6.35. The smallest absolute Gasteiger partial charge is 0.0536 e. The lowest BCUT2D eigenvalue weighted by Crippen LogP contribution is -2.32. The number of rotatable bonds is 0. The Hall–Kier alpha value is -1.25. The molecule has 1 aromatic heterocycles. The van der Waals surface area contributed by atoms with E-state index in [2.05, 4.69) is 40.2 Å². The summed E-state index contributed by atoms with van der Waals surface area (Å²) in [5.41, 5.74) is 4.32. The lowest BCUT2D eigenvalue weighted by molar-refractivity contribution is 0.210. The highest BCUT2D eigenvalue weighted by molar-refractivity contribution is 6.29. The third kappa shape index (κ3) is 1.69. The van der Waals surface area contributed by atoms with Crippen LogP contribution in [0.5, 0.6) is 0 Å². The molecule has 3 heteroatoms. The second-order valence-electron chi connectivity index (χ2n) is 6.77. The molecule has 3 atom stereocenters. The Labute approximate surface area is 129 Å². The molecule has 0 bridgehead atoms. The Kier molecular flexibility index (Phi) is 2.56. The molecule has 21 heavy (non-hydrogen) atoms. The summed E-state index contributed by atoms with van der Waals surface area (Å²) in [6.07, 6.45) is 5.64. The minimum atomic E-state index is 0.550. The number of para-hydroxylation sites is 1. The molecule has 1 aliphatic carbocycles. The van der Waals surface area contributed by atoms with E-state index in [-0.39, 0.29) is 0 Å². The third-order valence-corrected chi connectivity index (χ3v) is 6.05. The van der Waals surface area contributed by atoms with Crippen molar-refractivity contribution in [2.75, 3.05) is 13.1 Å². The molecule has 1 N–H and O–H groups in total. The van der Waals surface area contributed by atoms with E-state index in [1.807, 2.05) is 0 Å². The largest absolute Gasteiger partial charge is 0.357 e. The Morgan fingerprint density at radius 1 is 1.24 bits per heavy atom. The first-order chi connectivity index (χ1) is 10.3. The number of aromatic nitrogens is 1. The van der Waals surface area contributed by atoms with Crippen molar-refractivity contribution in [3.63, 3.8) is 0 Å². The number of hydrogen-bond acceptors (Lipinski definition) is 1. The topological polar surface area (TPSA) is 19.0 Å². The van der Waals surface area contributed by atoms with Crippen LogP contribution in [0.2, 0.25) is 0 Å². The molecule has 1 saturated heterocycles. The van der Waals surface area contributed by atoms with Crippen LogP contribution in [0.1, 0.15) is 30.1 Å². The highest BCUT2D eigenvalue weighted by Crippen LogP contribution is 2.51. The Balaban J connectivity index is 1.65. The number of aromatic amines is 1. The highest BCUT2D eigenvalue weighted by atomic mass is 35.5. The average molecular weight is 299 g/mol. The zero-order valence-electron chi connectivity index (χ0n) is 12.0. The molecule has 0 spiro atoms. The highest BCUT2D eigenvalue weighted by Gasteiger charge is 2.46. The third-order valence-electron chi connectivity index (χ3n) is 5.74. The minimum absolute atomic E-state index is 0.550. The van der Waals surface area contributed by atoms with Crippen molar-refractivity contribution in [3.8, 4) is 0 Å². The van der Waals surface area contributed by atoms with Crippen LogP contribution in [-0.2, 0) is 6.42 Å². The molecule has 108 valence electrons. The monoisotopic (exact) mass is 298 g/mol. The molecule has 5 rings (SSSR count). The van der Waals surface area contributed by atoms with Crippen LogP contribution in [0.3, 0.4) is 0 Å². The maximum atomic E-state index is 6.35. The summed E-state index contributed by atoms with van der Waals surface area (Å²) in [5, 5.41) is 2.49. The molecule has 1 fully saturated rings. The molecule has 2 aromatic rings. The number of halogens is 1. The first-order valence-electron chi connectivity index (χ1n) is 7.99. The second kappa shape index (κ2) is 4.37. The van der Waals surface area contributed by atoms with Crippen molar-refractivity contribution < 1.29 is 0 Å². The minimum Gasteiger partial charge on any atom is -0.357 e. The zero-order chi connectivity index (χ0) is 14.0. The summed E-state index contributed by atoms with van der Waals surface area (Å²) in [7, 11) is 0. The number of nitrogens with zero attached hydrogens (tertiary/aromatic N) is 1. The van der Waals surface area contributed by atoms with Crippen LogP contribution in [0.25, 0.3) is 10.9 Å². The molecule has 3 heterocycles. The van der Waals surface area contributed by atoms with E-state index in [1.165, 1.54) is 36.1 Å². The summed E-state index contributed by atoms with van der Waals surface area (Å²) in [4.78, 5) is 6.42. The van der Waals surface area contributed by atoms with Gasteiger partial charge in [0.15, 0.2) is 0 Å². The second-order valence-corrected chi connectivity index (χ2v) is 7.25. The summed E-state index contributed by atoms with van der Waals surface area (Å²) in [5.74, 6) is 1.48. The number of fused-ring (bicyclic) bond motifs is 7. The number of nitrogens with one attached hydrogen (secondary N) is 1. The molecule has 2 aliphatic heterocycles. The van der Waals surface area contributed by atoms with Gasteiger partial charge in [-0.3, -0.25) is 4.90 Å². The molecule has 1 aromatic carbocycles. The predicted octanol–water partition coefficient (Wildman–Crippen LogP) is 4.23. The van der Waals surface area contributed by atoms with Crippen molar-refractivity contribution in [3.05, 3.63) is 46.6 Å². The van der Waals surface area contributed by atoms with Crippen LogP contribution in [0, 0.1) is 11.8 Å². The van der Waals surface area contributed by atoms with E-state index in [0.29, 0.717) is 12.0 Å². The van der Waals surface area contributed by atoms with Crippen molar-refractivity contribution >= 4 is 22.5 Å². The SMILES string of the molecule is ClC1=CC[C@@H]2CN3CCc4c([nH]c5ccccc45)[C@H]3[C@@H]2C1. The van der Waals surface area contributed by atoms with Gasteiger partial charge in [-0.15, -0.1) is 0 Å². The van der Waals surface area contributed by atoms with E-state index in [1.54, 1.807) is 5.56 Å². The molecule has 3 aliphatic rings. The molecule has 0 amide bonds. The van der Waals surface area contributed by atoms with Crippen LogP contribution >= 0.6 is 11.6 Å². The maximum absolute atomic E-state index is 6.35. The van der Waals surface area contributed by atoms with Gasteiger partial charge in [-0.1, -0.05) is 35.9 Å². The summed E-state index contributed by atoms with van der Waals surface area (Å²) in [6, 6.07) is 9.30. The van der Waals surface area contributed by atoms with E-state index < -0.39 is 0 Å². The average Bonchev–Trinajstić information content (AvgIpc) is 3.04.